The normalized spacial score (nSPS) is 14.8. The molecule has 2 rings (SSSR count). The number of hydrogen-bond acceptors (Lipinski definition) is 4. The number of fused-ring (bicyclic) bond motifs is 1. The highest BCUT2D eigenvalue weighted by molar-refractivity contribution is 7.17. The second kappa shape index (κ2) is 7.59. The molecule has 1 aromatic heterocycles. The Kier molecular flexibility index (Phi) is 5.79. The second-order valence-electron chi connectivity index (χ2n) is 5.24. The van der Waals surface area contributed by atoms with Gasteiger partial charge in [-0.1, -0.05) is 19.8 Å². The number of anilines is 1. The van der Waals surface area contributed by atoms with Crippen molar-refractivity contribution >= 4 is 28.2 Å². The van der Waals surface area contributed by atoms with E-state index in [9.17, 15) is 9.59 Å². The molecule has 0 aliphatic heterocycles. The second-order valence-corrected chi connectivity index (χ2v) is 6.35. The van der Waals surface area contributed by atoms with Crippen molar-refractivity contribution in [2.45, 2.75) is 58.8 Å². The minimum absolute atomic E-state index is 0.0604. The minimum atomic E-state index is -0.304. The molecule has 1 amide bonds. The maximum atomic E-state index is 12.3. The SMILES string of the molecule is CCOC(=O)c1c(NC(=O)CC)sc2c1CCCCCC2. The molecule has 1 aliphatic rings. The minimum Gasteiger partial charge on any atom is -0.462 e. The number of carbonyl (C=O) groups excluding carboxylic acids is 2. The highest BCUT2D eigenvalue weighted by atomic mass is 32.1. The van der Waals surface area contributed by atoms with Crippen molar-refractivity contribution in [2.75, 3.05) is 11.9 Å². The van der Waals surface area contributed by atoms with E-state index in [1.807, 2.05) is 6.92 Å². The molecule has 0 bridgehead atoms. The van der Waals surface area contributed by atoms with Gasteiger partial charge in [-0.15, -0.1) is 11.3 Å². The van der Waals surface area contributed by atoms with Gasteiger partial charge in [-0.05, 0) is 38.2 Å². The first kappa shape index (κ1) is 16.0. The summed E-state index contributed by atoms with van der Waals surface area (Å²) >= 11 is 1.55. The molecular formula is C16H23NO3S. The van der Waals surface area contributed by atoms with Crippen LogP contribution in [-0.2, 0) is 22.4 Å². The van der Waals surface area contributed by atoms with Crippen LogP contribution < -0.4 is 5.32 Å². The maximum Gasteiger partial charge on any atom is 0.341 e. The summed E-state index contributed by atoms with van der Waals surface area (Å²) in [4.78, 5) is 25.2. The topological polar surface area (TPSA) is 55.4 Å². The summed E-state index contributed by atoms with van der Waals surface area (Å²) in [6.45, 7) is 3.96. The third-order valence-corrected chi connectivity index (χ3v) is 4.93. The number of hydrogen-bond donors (Lipinski definition) is 1. The summed E-state index contributed by atoms with van der Waals surface area (Å²) in [5.41, 5.74) is 1.70. The molecule has 1 aliphatic carbocycles. The van der Waals surface area contributed by atoms with Crippen molar-refractivity contribution in [1.82, 2.24) is 0 Å². The predicted octanol–water partition coefficient (Wildman–Crippen LogP) is 3.93. The Bertz CT molecular complexity index is 522. The van der Waals surface area contributed by atoms with Crippen molar-refractivity contribution in [1.29, 1.82) is 0 Å². The van der Waals surface area contributed by atoms with Gasteiger partial charge in [0.25, 0.3) is 0 Å². The summed E-state index contributed by atoms with van der Waals surface area (Å²) in [5, 5.41) is 3.55. The molecule has 0 saturated carbocycles. The number of carbonyl (C=O) groups is 2. The molecule has 0 aromatic carbocycles. The van der Waals surface area contributed by atoms with Crippen LogP contribution in [0, 0.1) is 0 Å². The van der Waals surface area contributed by atoms with Gasteiger partial charge < -0.3 is 10.1 Å². The summed E-state index contributed by atoms with van der Waals surface area (Å²) in [6.07, 6.45) is 6.99. The number of nitrogens with one attached hydrogen (secondary N) is 1. The van der Waals surface area contributed by atoms with Gasteiger partial charge >= 0.3 is 5.97 Å². The van der Waals surface area contributed by atoms with Crippen LogP contribution in [0.1, 0.15) is 66.8 Å². The zero-order valence-corrected chi connectivity index (χ0v) is 13.6. The van der Waals surface area contributed by atoms with Crippen molar-refractivity contribution in [3.8, 4) is 0 Å². The first-order chi connectivity index (χ1) is 10.2. The van der Waals surface area contributed by atoms with E-state index in [1.54, 1.807) is 18.3 Å². The first-order valence-electron chi connectivity index (χ1n) is 7.78. The van der Waals surface area contributed by atoms with Gasteiger partial charge in [-0.2, -0.15) is 0 Å². The van der Waals surface area contributed by atoms with Crippen LogP contribution in [-0.4, -0.2) is 18.5 Å². The van der Waals surface area contributed by atoms with Crippen LogP contribution >= 0.6 is 11.3 Å². The van der Waals surface area contributed by atoms with E-state index in [4.69, 9.17) is 4.74 Å². The predicted molar refractivity (Wildman–Crippen MR) is 85.1 cm³/mol. The molecule has 0 radical (unpaired) electrons. The van der Waals surface area contributed by atoms with E-state index in [0.717, 1.165) is 31.2 Å². The monoisotopic (exact) mass is 309 g/mol. The van der Waals surface area contributed by atoms with E-state index < -0.39 is 0 Å². The smallest absolute Gasteiger partial charge is 0.341 e. The molecule has 0 saturated heterocycles. The summed E-state index contributed by atoms with van der Waals surface area (Å²) < 4.78 is 5.20. The lowest BCUT2D eigenvalue weighted by molar-refractivity contribution is -0.115. The Hall–Kier alpha value is -1.36. The quantitative estimate of drug-likeness (QED) is 0.857. The lowest BCUT2D eigenvalue weighted by Gasteiger charge is -2.11. The van der Waals surface area contributed by atoms with Gasteiger partial charge in [0.15, 0.2) is 0 Å². The third-order valence-electron chi connectivity index (χ3n) is 3.72. The van der Waals surface area contributed by atoms with Crippen LogP contribution in [0.4, 0.5) is 5.00 Å². The molecule has 5 heteroatoms. The van der Waals surface area contributed by atoms with Gasteiger partial charge in [-0.3, -0.25) is 4.79 Å². The summed E-state index contributed by atoms with van der Waals surface area (Å²) in [7, 11) is 0. The molecular weight excluding hydrogens is 286 g/mol. The Morgan fingerprint density at radius 2 is 1.86 bits per heavy atom. The Labute approximate surface area is 129 Å². The van der Waals surface area contributed by atoms with Gasteiger partial charge in [0.1, 0.15) is 5.00 Å². The number of thiophene rings is 1. The average Bonchev–Trinajstić information content (AvgIpc) is 2.76. The first-order valence-corrected chi connectivity index (χ1v) is 8.60. The van der Waals surface area contributed by atoms with Crippen LogP contribution in [0.5, 0.6) is 0 Å². The molecule has 4 nitrogen and oxygen atoms in total. The van der Waals surface area contributed by atoms with Crippen LogP contribution in [0.25, 0.3) is 0 Å². The standard InChI is InChI=1S/C16H23NO3S/c1-3-13(18)17-15-14(16(19)20-4-2)11-9-7-5-6-8-10-12(11)21-15/h3-10H2,1-2H3,(H,17,18). The molecule has 0 atom stereocenters. The molecule has 1 aromatic rings. The van der Waals surface area contributed by atoms with Crippen molar-refractivity contribution in [2.24, 2.45) is 0 Å². The van der Waals surface area contributed by atoms with E-state index >= 15 is 0 Å². The fourth-order valence-corrected chi connectivity index (χ4v) is 3.94. The van der Waals surface area contributed by atoms with Gasteiger partial charge in [0.05, 0.1) is 12.2 Å². The fraction of sp³-hybridized carbons (Fsp3) is 0.625. The molecule has 1 N–H and O–H groups in total. The number of amides is 1. The van der Waals surface area contributed by atoms with Gasteiger partial charge in [-0.25, -0.2) is 4.79 Å². The number of aryl methyl sites for hydroxylation is 1. The average molecular weight is 309 g/mol. The van der Waals surface area contributed by atoms with Gasteiger partial charge in [0.2, 0.25) is 5.91 Å². The number of rotatable bonds is 4. The van der Waals surface area contributed by atoms with Crippen LogP contribution in [0.3, 0.4) is 0 Å². The molecule has 0 fully saturated rings. The maximum absolute atomic E-state index is 12.3. The highest BCUT2D eigenvalue weighted by Crippen LogP contribution is 2.37. The Morgan fingerprint density at radius 1 is 1.14 bits per heavy atom. The molecule has 0 unspecified atom stereocenters. The summed E-state index contributed by atoms with van der Waals surface area (Å²) in [5.74, 6) is -0.364. The van der Waals surface area contributed by atoms with E-state index in [-0.39, 0.29) is 11.9 Å². The Balaban J connectivity index is 2.39. The van der Waals surface area contributed by atoms with Crippen molar-refractivity contribution in [3.05, 3.63) is 16.0 Å². The van der Waals surface area contributed by atoms with Crippen molar-refractivity contribution in [3.63, 3.8) is 0 Å². The Morgan fingerprint density at radius 3 is 2.52 bits per heavy atom. The number of esters is 1. The lowest BCUT2D eigenvalue weighted by atomic mass is 9.96. The third kappa shape index (κ3) is 3.84. The molecule has 0 spiro atoms. The molecule has 21 heavy (non-hydrogen) atoms. The highest BCUT2D eigenvalue weighted by Gasteiger charge is 2.25. The van der Waals surface area contributed by atoms with Crippen LogP contribution in [0.2, 0.25) is 0 Å². The zero-order chi connectivity index (χ0) is 15.2. The number of ether oxygens (including phenoxy) is 1. The van der Waals surface area contributed by atoms with Crippen LogP contribution in [0.15, 0.2) is 0 Å². The van der Waals surface area contributed by atoms with E-state index in [0.29, 0.717) is 23.6 Å². The zero-order valence-electron chi connectivity index (χ0n) is 12.8. The largest absolute Gasteiger partial charge is 0.462 e. The fourth-order valence-electron chi connectivity index (χ4n) is 2.64. The lowest BCUT2D eigenvalue weighted by Crippen LogP contribution is -2.14. The van der Waals surface area contributed by atoms with E-state index in [2.05, 4.69) is 5.32 Å². The van der Waals surface area contributed by atoms with E-state index in [1.165, 1.54) is 17.7 Å². The van der Waals surface area contributed by atoms with Crippen molar-refractivity contribution < 1.29 is 14.3 Å². The summed E-state index contributed by atoms with van der Waals surface area (Å²) in [6, 6.07) is 0. The molecule has 116 valence electrons. The molecule has 1 heterocycles. The van der Waals surface area contributed by atoms with Gasteiger partial charge in [0, 0.05) is 11.3 Å².